The standard InChI is InChI=1S/C24H24F3N3O5/c1-14-6-4-5-7-15(14)11-28-24(32)30-20(16-8-18(25)21(27)19(26)9-16)10-17(12-33-2)29-22(30)23(31)35-13-34-3/h4-10,20H,11-13H2,1-3H3,(H,28,32). The molecule has 1 unspecified atom stereocenters. The first-order valence-electron chi connectivity index (χ1n) is 10.5. The van der Waals surface area contributed by atoms with Gasteiger partial charge < -0.3 is 19.5 Å². The summed E-state index contributed by atoms with van der Waals surface area (Å²) >= 11 is 0. The van der Waals surface area contributed by atoms with Crippen LogP contribution in [0.4, 0.5) is 18.0 Å². The van der Waals surface area contributed by atoms with Crippen molar-refractivity contribution in [3.05, 3.63) is 82.3 Å². The second-order valence-electron chi connectivity index (χ2n) is 7.56. The van der Waals surface area contributed by atoms with E-state index in [0.29, 0.717) is 0 Å². The number of esters is 1. The van der Waals surface area contributed by atoms with Gasteiger partial charge >= 0.3 is 12.0 Å². The lowest BCUT2D eigenvalue weighted by atomic mass is 10.0. The van der Waals surface area contributed by atoms with Gasteiger partial charge in [-0.2, -0.15) is 0 Å². The molecule has 1 heterocycles. The third-order valence-corrected chi connectivity index (χ3v) is 5.15. The number of ether oxygens (including phenoxy) is 3. The van der Waals surface area contributed by atoms with Crippen LogP contribution >= 0.6 is 0 Å². The molecule has 0 bridgehead atoms. The summed E-state index contributed by atoms with van der Waals surface area (Å²) in [6.07, 6.45) is 1.38. The summed E-state index contributed by atoms with van der Waals surface area (Å²) in [4.78, 5) is 31.2. The third-order valence-electron chi connectivity index (χ3n) is 5.15. The number of benzene rings is 2. The number of nitrogens with zero attached hydrogens (tertiary/aromatic N) is 2. The maximum atomic E-state index is 14.1. The Morgan fingerprint density at radius 1 is 1.09 bits per heavy atom. The first-order valence-corrected chi connectivity index (χ1v) is 10.5. The average Bonchev–Trinajstić information content (AvgIpc) is 2.84. The van der Waals surface area contributed by atoms with Gasteiger partial charge in [0, 0.05) is 20.8 Å². The Balaban J connectivity index is 2.04. The van der Waals surface area contributed by atoms with Crippen LogP contribution in [-0.2, 0) is 25.5 Å². The van der Waals surface area contributed by atoms with Gasteiger partial charge in [-0.1, -0.05) is 24.3 Å². The van der Waals surface area contributed by atoms with E-state index in [1.807, 2.05) is 25.1 Å². The van der Waals surface area contributed by atoms with Crippen LogP contribution in [0.15, 0.2) is 53.2 Å². The third kappa shape index (κ3) is 6.06. The summed E-state index contributed by atoms with van der Waals surface area (Å²) in [7, 11) is 2.68. The average molecular weight is 491 g/mol. The van der Waals surface area contributed by atoms with Gasteiger partial charge in [-0.25, -0.2) is 27.8 Å². The van der Waals surface area contributed by atoms with Crippen LogP contribution in [0.5, 0.6) is 0 Å². The van der Waals surface area contributed by atoms with E-state index in [9.17, 15) is 22.8 Å². The molecule has 1 atom stereocenters. The molecule has 0 aromatic heterocycles. The molecule has 8 nitrogen and oxygen atoms in total. The number of carbonyl (C=O) groups is 2. The van der Waals surface area contributed by atoms with E-state index in [-0.39, 0.29) is 24.4 Å². The van der Waals surface area contributed by atoms with Crippen LogP contribution in [0.1, 0.15) is 22.7 Å². The number of hydrogen-bond acceptors (Lipinski definition) is 6. The van der Waals surface area contributed by atoms with Gasteiger partial charge in [0.2, 0.25) is 5.84 Å². The number of methoxy groups -OCH3 is 2. The quantitative estimate of drug-likeness (QED) is 0.345. The highest BCUT2D eigenvalue weighted by atomic mass is 19.2. The van der Waals surface area contributed by atoms with Crippen molar-refractivity contribution in [3.63, 3.8) is 0 Å². The van der Waals surface area contributed by atoms with Crippen molar-refractivity contribution in [2.75, 3.05) is 27.6 Å². The summed E-state index contributed by atoms with van der Waals surface area (Å²) in [6, 6.07) is 6.78. The maximum absolute atomic E-state index is 14.1. The molecule has 2 amide bonds. The van der Waals surface area contributed by atoms with E-state index >= 15 is 0 Å². The molecule has 35 heavy (non-hydrogen) atoms. The summed E-state index contributed by atoms with van der Waals surface area (Å²) in [5.74, 6) is -6.04. The van der Waals surface area contributed by atoms with Crippen molar-refractivity contribution in [1.29, 1.82) is 0 Å². The number of aryl methyl sites for hydroxylation is 1. The molecule has 3 rings (SSSR count). The predicted molar refractivity (Wildman–Crippen MR) is 120 cm³/mol. The zero-order chi connectivity index (χ0) is 25.5. The van der Waals surface area contributed by atoms with Crippen LogP contribution in [0.25, 0.3) is 0 Å². The Hall–Kier alpha value is -3.70. The number of halogens is 3. The second kappa shape index (κ2) is 11.6. The fraction of sp³-hybridized carbons (Fsp3) is 0.292. The summed E-state index contributed by atoms with van der Waals surface area (Å²) in [5, 5.41) is 2.68. The Morgan fingerprint density at radius 3 is 2.40 bits per heavy atom. The van der Waals surface area contributed by atoms with E-state index in [1.165, 1.54) is 20.3 Å². The van der Waals surface area contributed by atoms with Crippen molar-refractivity contribution < 1.29 is 37.0 Å². The minimum absolute atomic E-state index is 0.0810. The van der Waals surface area contributed by atoms with E-state index < -0.39 is 48.1 Å². The number of carbonyl (C=O) groups excluding carboxylic acids is 2. The number of urea groups is 1. The lowest BCUT2D eigenvalue weighted by molar-refractivity contribution is -0.146. The van der Waals surface area contributed by atoms with Gasteiger partial charge in [0.05, 0.1) is 18.3 Å². The number of nitrogens with one attached hydrogen (secondary N) is 1. The van der Waals surface area contributed by atoms with Crippen LogP contribution in [0, 0.1) is 24.4 Å². The maximum Gasteiger partial charge on any atom is 0.376 e. The van der Waals surface area contributed by atoms with E-state index in [0.717, 1.165) is 28.2 Å². The fourth-order valence-electron chi connectivity index (χ4n) is 3.44. The van der Waals surface area contributed by atoms with Crippen molar-refractivity contribution in [1.82, 2.24) is 10.2 Å². The SMILES string of the molecule is COCOC(=O)C1=NC(COC)=CC(c2cc(F)c(F)c(F)c2)N1C(=O)NCc1ccccc1C. The minimum atomic E-state index is -1.66. The van der Waals surface area contributed by atoms with Gasteiger partial charge in [0.1, 0.15) is 0 Å². The Kier molecular flexibility index (Phi) is 8.61. The normalized spacial score (nSPS) is 15.4. The summed E-state index contributed by atoms with van der Waals surface area (Å²) in [5.41, 5.74) is 1.79. The zero-order valence-corrected chi connectivity index (χ0v) is 19.3. The number of aliphatic imine (C=N–C) groups is 1. The predicted octanol–water partition coefficient (Wildman–Crippen LogP) is 3.75. The lowest BCUT2D eigenvalue weighted by Gasteiger charge is -2.33. The minimum Gasteiger partial charge on any atom is -0.433 e. The molecule has 0 aliphatic carbocycles. The molecule has 2 aromatic carbocycles. The van der Waals surface area contributed by atoms with Crippen molar-refractivity contribution in [3.8, 4) is 0 Å². The van der Waals surface area contributed by atoms with E-state index in [2.05, 4.69) is 10.3 Å². The molecule has 0 saturated carbocycles. The molecule has 0 fully saturated rings. The molecule has 1 aliphatic rings. The first kappa shape index (κ1) is 25.9. The largest absolute Gasteiger partial charge is 0.433 e. The highest BCUT2D eigenvalue weighted by molar-refractivity contribution is 6.38. The van der Waals surface area contributed by atoms with Gasteiger partial charge in [0.25, 0.3) is 0 Å². The molecule has 186 valence electrons. The van der Waals surface area contributed by atoms with E-state index in [4.69, 9.17) is 14.2 Å². The Morgan fingerprint density at radius 2 is 1.77 bits per heavy atom. The number of amidine groups is 1. The molecule has 2 aromatic rings. The molecule has 1 N–H and O–H groups in total. The smallest absolute Gasteiger partial charge is 0.376 e. The van der Waals surface area contributed by atoms with Crippen LogP contribution in [-0.4, -0.2) is 50.4 Å². The summed E-state index contributed by atoms with van der Waals surface area (Å²) in [6.45, 7) is 1.45. The van der Waals surface area contributed by atoms with Crippen LogP contribution in [0.2, 0.25) is 0 Å². The van der Waals surface area contributed by atoms with Crippen LogP contribution < -0.4 is 5.32 Å². The number of hydrogen-bond donors (Lipinski definition) is 1. The Bertz CT molecular complexity index is 1150. The second-order valence-corrected chi connectivity index (χ2v) is 7.56. The monoisotopic (exact) mass is 491 g/mol. The van der Waals surface area contributed by atoms with Gasteiger partial charge in [-0.3, -0.25) is 4.90 Å². The molecule has 0 spiro atoms. The van der Waals surface area contributed by atoms with E-state index in [1.54, 1.807) is 6.07 Å². The lowest BCUT2D eigenvalue weighted by Crippen LogP contribution is -2.50. The van der Waals surface area contributed by atoms with Gasteiger partial charge in [0.15, 0.2) is 24.2 Å². The zero-order valence-electron chi connectivity index (χ0n) is 19.3. The first-order chi connectivity index (χ1) is 16.8. The molecular weight excluding hydrogens is 467 g/mol. The molecule has 11 heteroatoms. The van der Waals surface area contributed by atoms with Gasteiger partial charge in [-0.05, 0) is 41.8 Å². The molecule has 0 saturated heterocycles. The topological polar surface area (TPSA) is 89.5 Å². The number of amides is 2. The highest BCUT2D eigenvalue weighted by Gasteiger charge is 2.37. The molecular formula is C24H24F3N3O5. The highest BCUT2D eigenvalue weighted by Crippen LogP contribution is 2.31. The number of rotatable bonds is 8. The van der Waals surface area contributed by atoms with Gasteiger partial charge in [-0.15, -0.1) is 0 Å². The fourth-order valence-corrected chi connectivity index (χ4v) is 3.44. The van der Waals surface area contributed by atoms with Crippen molar-refractivity contribution in [2.45, 2.75) is 19.5 Å². The van der Waals surface area contributed by atoms with Crippen LogP contribution in [0.3, 0.4) is 0 Å². The van der Waals surface area contributed by atoms with Crippen molar-refractivity contribution in [2.24, 2.45) is 4.99 Å². The summed E-state index contributed by atoms with van der Waals surface area (Å²) < 4.78 is 56.6. The van der Waals surface area contributed by atoms with Crippen molar-refractivity contribution >= 4 is 17.8 Å². The molecule has 0 radical (unpaired) electrons. The molecule has 1 aliphatic heterocycles. The Labute approximate surface area is 200 Å².